The molecule has 1 aliphatic rings. The van der Waals surface area contributed by atoms with Crippen LogP contribution in [0.5, 0.6) is 5.75 Å². The van der Waals surface area contributed by atoms with Crippen LogP contribution in [0.15, 0.2) is 24.3 Å². The summed E-state index contributed by atoms with van der Waals surface area (Å²) in [5.41, 5.74) is 1.34. The van der Waals surface area contributed by atoms with Crippen LogP contribution >= 0.6 is 11.6 Å². The van der Waals surface area contributed by atoms with E-state index >= 15 is 0 Å². The Bertz CT molecular complexity index is 356. The van der Waals surface area contributed by atoms with Crippen molar-refractivity contribution in [3.8, 4) is 5.75 Å². The number of alkyl halides is 1. The Kier molecular flexibility index (Phi) is 4.69. The summed E-state index contributed by atoms with van der Waals surface area (Å²) in [7, 11) is 0. The molecule has 0 aliphatic carbocycles. The predicted molar refractivity (Wildman–Crippen MR) is 72.0 cm³/mol. The first-order valence-electron chi connectivity index (χ1n) is 6.29. The molecule has 1 aliphatic heterocycles. The van der Waals surface area contributed by atoms with Crippen LogP contribution in [0.25, 0.3) is 0 Å². The lowest BCUT2D eigenvalue weighted by molar-refractivity contribution is 0.264. The third kappa shape index (κ3) is 3.36. The first-order chi connectivity index (χ1) is 8.31. The summed E-state index contributed by atoms with van der Waals surface area (Å²) >= 11 is 5.79. The van der Waals surface area contributed by atoms with E-state index in [0.717, 1.165) is 37.7 Å². The van der Waals surface area contributed by atoms with Gasteiger partial charge in [0.15, 0.2) is 0 Å². The summed E-state index contributed by atoms with van der Waals surface area (Å²) < 4.78 is 5.65. The Morgan fingerprint density at radius 1 is 1.47 bits per heavy atom. The number of para-hydroxylation sites is 1. The molecule has 2 unspecified atom stereocenters. The van der Waals surface area contributed by atoms with E-state index in [0.29, 0.717) is 11.8 Å². The van der Waals surface area contributed by atoms with Crippen LogP contribution in [0.1, 0.15) is 24.8 Å². The molecule has 94 valence electrons. The molecule has 1 aromatic rings. The smallest absolute Gasteiger partial charge is 0.122 e. The van der Waals surface area contributed by atoms with Crippen molar-refractivity contribution in [2.24, 2.45) is 5.92 Å². The zero-order chi connectivity index (χ0) is 12.1. The summed E-state index contributed by atoms with van der Waals surface area (Å²) in [6.07, 6.45) is 1.10. The number of fused-ring (bicyclic) bond motifs is 1. The molecule has 2 atom stereocenters. The van der Waals surface area contributed by atoms with E-state index in [1.54, 1.807) is 0 Å². The molecule has 2 nitrogen and oxygen atoms in total. The average molecular weight is 254 g/mol. The average Bonchev–Trinajstić information content (AvgIpc) is 2.39. The monoisotopic (exact) mass is 253 g/mol. The summed E-state index contributed by atoms with van der Waals surface area (Å²) in [4.78, 5) is 0. The lowest BCUT2D eigenvalue weighted by Gasteiger charge is -2.26. The van der Waals surface area contributed by atoms with Crippen molar-refractivity contribution in [3.63, 3.8) is 0 Å². The van der Waals surface area contributed by atoms with Crippen molar-refractivity contribution in [2.75, 3.05) is 25.6 Å². The highest BCUT2D eigenvalue weighted by Gasteiger charge is 2.20. The molecule has 0 bridgehead atoms. The van der Waals surface area contributed by atoms with Crippen molar-refractivity contribution < 1.29 is 4.74 Å². The highest BCUT2D eigenvalue weighted by atomic mass is 35.5. The lowest BCUT2D eigenvalue weighted by atomic mass is 9.93. The minimum absolute atomic E-state index is 0.534. The fraction of sp³-hybridized carbons (Fsp3) is 0.571. The molecular formula is C14H20ClNO. The molecule has 3 heteroatoms. The number of ether oxygens (including phenoxy) is 1. The molecule has 2 rings (SSSR count). The number of rotatable bonds is 5. The summed E-state index contributed by atoms with van der Waals surface area (Å²) in [6, 6.07) is 8.35. The molecule has 1 aromatic carbocycles. The van der Waals surface area contributed by atoms with E-state index in [1.165, 1.54) is 5.56 Å². The van der Waals surface area contributed by atoms with Crippen molar-refractivity contribution in [2.45, 2.75) is 19.3 Å². The predicted octanol–water partition coefficient (Wildman–Crippen LogP) is 3.02. The third-order valence-electron chi connectivity index (χ3n) is 3.23. The van der Waals surface area contributed by atoms with Gasteiger partial charge in [0.2, 0.25) is 0 Å². The molecule has 0 spiro atoms. The van der Waals surface area contributed by atoms with Gasteiger partial charge in [0.05, 0.1) is 6.61 Å². The van der Waals surface area contributed by atoms with Crippen LogP contribution in [0, 0.1) is 5.92 Å². The number of halogens is 1. The number of benzene rings is 1. The fourth-order valence-corrected chi connectivity index (χ4v) is 2.30. The summed E-state index contributed by atoms with van der Waals surface area (Å²) in [5, 5.41) is 3.51. The quantitative estimate of drug-likeness (QED) is 0.815. The number of hydrogen-bond donors (Lipinski definition) is 1. The molecule has 0 amide bonds. The number of hydrogen-bond acceptors (Lipinski definition) is 2. The Labute approximate surface area is 108 Å². The molecule has 0 fully saturated rings. The van der Waals surface area contributed by atoms with Gasteiger partial charge in [-0.2, -0.15) is 0 Å². The zero-order valence-electron chi connectivity index (χ0n) is 10.3. The maximum absolute atomic E-state index is 5.79. The van der Waals surface area contributed by atoms with Gasteiger partial charge in [0.25, 0.3) is 0 Å². The topological polar surface area (TPSA) is 21.3 Å². The van der Waals surface area contributed by atoms with Gasteiger partial charge >= 0.3 is 0 Å². The second-order valence-corrected chi connectivity index (χ2v) is 5.10. The lowest BCUT2D eigenvalue weighted by Crippen LogP contribution is -2.29. The van der Waals surface area contributed by atoms with Crippen LogP contribution in [0.2, 0.25) is 0 Å². The molecule has 0 saturated heterocycles. The van der Waals surface area contributed by atoms with E-state index in [-0.39, 0.29) is 0 Å². The normalized spacial score (nSPS) is 20.5. The van der Waals surface area contributed by atoms with Crippen LogP contribution in [-0.2, 0) is 0 Å². The Balaban J connectivity index is 1.90. The largest absolute Gasteiger partial charge is 0.493 e. The van der Waals surface area contributed by atoms with Gasteiger partial charge < -0.3 is 10.1 Å². The van der Waals surface area contributed by atoms with Gasteiger partial charge in [-0.15, -0.1) is 11.6 Å². The fourth-order valence-electron chi connectivity index (χ4n) is 2.19. The Morgan fingerprint density at radius 2 is 2.29 bits per heavy atom. The minimum Gasteiger partial charge on any atom is -0.493 e. The van der Waals surface area contributed by atoms with Crippen LogP contribution in [-0.4, -0.2) is 25.6 Å². The molecule has 1 heterocycles. The molecular weight excluding hydrogens is 234 g/mol. The van der Waals surface area contributed by atoms with Crippen molar-refractivity contribution >= 4 is 11.6 Å². The van der Waals surface area contributed by atoms with Gasteiger partial charge in [-0.3, -0.25) is 0 Å². The second-order valence-electron chi connectivity index (χ2n) is 4.79. The van der Waals surface area contributed by atoms with Crippen molar-refractivity contribution in [1.82, 2.24) is 5.32 Å². The van der Waals surface area contributed by atoms with Gasteiger partial charge in [0, 0.05) is 18.3 Å². The summed E-state index contributed by atoms with van der Waals surface area (Å²) in [6.45, 7) is 5.00. The van der Waals surface area contributed by atoms with E-state index in [2.05, 4.69) is 30.4 Å². The van der Waals surface area contributed by atoms with Crippen molar-refractivity contribution in [1.29, 1.82) is 0 Å². The molecule has 1 N–H and O–H groups in total. The van der Waals surface area contributed by atoms with Crippen molar-refractivity contribution in [3.05, 3.63) is 29.8 Å². The highest BCUT2D eigenvalue weighted by molar-refractivity contribution is 6.18. The van der Waals surface area contributed by atoms with E-state index in [9.17, 15) is 0 Å². The molecule has 0 aromatic heterocycles. The Hall–Kier alpha value is -0.730. The molecule has 0 saturated carbocycles. The maximum atomic E-state index is 5.79. The van der Waals surface area contributed by atoms with Crippen LogP contribution in [0.3, 0.4) is 0 Å². The van der Waals surface area contributed by atoms with E-state index < -0.39 is 0 Å². The third-order valence-corrected chi connectivity index (χ3v) is 3.76. The van der Waals surface area contributed by atoms with Crippen LogP contribution in [0.4, 0.5) is 0 Å². The molecule has 17 heavy (non-hydrogen) atoms. The number of nitrogens with one attached hydrogen (secondary N) is 1. The Morgan fingerprint density at radius 3 is 3.12 bits per heavy atom. The van der Waals surface area contributed by atoms with E-state index in [1.807, 2.05) is 6.07 Å². The first-order valence-corrected chi connectivity index (χ1v) is 6.83. The second kappa shape index (κ2) is 6.27. The minimum atomic E-state index is 0.534. The standard InChI is InChI=1S/C14H20ClNO/c1-11(8-15)9-16-10-12-6-7-17-14-5-3-2-4-13(12)14/h2-5,11-12,16H,6-10H2,1H3. The summed E-state index contributed by atoms with van der Waals surface area (Å²) in [5.74, 6) is 2.88. The van der Waals surface area contributed by atoms with Crippen LogP contribution < -0.4 is 10.1 Å². The maximum Gasteiger partial charge on any atom is 0.122 e. The van der Waals surface area contributed by atoms with Gasteiger partial charge in [0.1, 0.15) is 5.75 Å². The molecule has 0 radical (unpaired) electrons. The first kappa shape index (κ1) is 12.7. The zero-order valence-corrected chi connectivity index (χ0v) is 11.0. The van der Waals surface area contributed by atoms with E-state index in [4.69, 9.17) is 16.3 Å². The van der Waals surface area contributed by atoms with Gasteiger partial charge in [-0.05, 0) is 30.5 Å². The highest BCUT2D eigenvalue weighted by Crippen LogP contribution is 2.32. The van der Waals surface area contributed by atoms with Gasteiger partial charge in [-0.1, -0.05) is 25.1 Å². The van der Waals surface area contributed by atoms with Gasteiger partial charge in [-0.25, -0.2) is 0 Å². The SMILES string of the molecule is CC(CCl)CNCC1CCOc2ccccc21.